The second kappa shape index (κ2) is 8.74. The van der Waals surface area contributed by atoms with Crippen molar-refractivity contribution in [2.75, 3.05) is 0 Å². The molecule has 0 unspecified atom stereocenters. The van der Waals surface area contributed by atoms with Crippen LogP contribution in [-0.2, 0) is 11.2 Å². The third-order valence-corrected chi connectivity index (χ3v) is 4.86. The number of H-pyrrole nitrogens is 1. The number of aryl methyl sites for hydroxylation is 2. The SMILES string of the molecule is CCCc1nc(S/C(=C/c2ccc(-c3ccc(C)c([N+](=O)[O-])c3)o2)C(=O)[O-])n[nH]1. The average Bonchev–Trinajstić information content (AvgIpc) is 3.31. The lowest BCUT2D eigenvalue weighted by Crippen LogP contribution is -2.23. The Morgan fingerprint density at radius 3 is 2.83 bits per heavy atom. The number of rotatable bonds is 8. The first-order valence-corrected chi connectivity index (χ1v) is 9.56. The van der Waals surface area contributed by atoms with Gasteiger partial charge in [-0.05, 0) is 43.3 Å². The minimum atomic E-state index is -1.39. The van der Waals surface area contributed by atoms with Gasteiger partial charge in [0.05, 0.1) is 10.9 Å². The predicted molar refractivity (Wildman–Crippen MR) is 105 cm³/mol. The van der Waals surface area contributed by atoms with E-state index >= 15 is 0 Å². The normalized spacial score (nSPS) is 11.6. The third kappa shape index (κ3) is 4.91. The van der Waals surface area contributed by atoms with Crippen LogP contribution in [0.2, 0.25) is 0 Å². The van der Waals surface area contributed by atoms with Gasteiger partial charge in [0.15, 0.2) is 0 Å². The van der Waals surface area contributed by atoms with E-state index in [0.717, 1.165) is 18.2 Å². The monoisotopic (exact) mass is 413 g/mol. The number of carbonyl (C=O) groups is 1. The van der Waals surface area contributed by atoms with Crippen LogP contribution in [0.3, 0.4) is 0 Å². The van der Waals surface area contributed by atoms with E-state index in [1.54, 1.807) is 31.2 Å². The highest BCUT2D eigenvalue weighted by Crippen LogP contribution is 2.30. The van der Waals surface area contributed by atoms with Crippen LogP contribution in [0.4, 0.5) is 5.69 Å². The molecule has 0 bridgehead atoms. The highest BCUT2D eigenvalue weighted by atomic mass is 32.2. The zero-order valence-electron chi connectivity index (χ0n) is 15.7. The maximum atomic E-state index is 11.5. The number of nitrogens with one attached hydrogen (secondary N) is 1. The number of hydrogen-bond donors (Lipinski definition) is 1. The third-order valence-electron chi connectivity index (χ3n) is 3.99. The molecular formula is C19H17N4O5S-. The summed E-state index contributed by atoms with van der Waals surface area (Å²) in [7, 11) is 0. The van der Waals surface area contributed by atoms with Gasteiger partial charge in [-0.3, -0.25) is 15.2 Å². The van der Waals surface area contributed by atoms with Crippen molar-refractivity contribution in [2.45, 2.75) is 31.8 Å². The number of carbonyl (C=O) groups excluding carboxylic acids is 1. The number of carboxylic acids is 1. The quantitative estimate of drug-likeness (QED) is 0.257. The number of carboxylic acid groups (broad SMARTS) is 1. The summed E-state index contributed by atoms with van der Waals surface area (Å²) in [4.78, 5) is 26.3. The molecule has 0 saturated heterocycles. The van der Waals surface area contributed by atoms with Crippen molar-refractivity contribution in [3.8, 4) is 11.3 Å². The van der Waals surface area contributed by atoms with E-state index in [0.29, 0.717) is 29.1 Å². The van der Waals surface area contributed by atoms with E-state index in [9.17, 15) is 20.0 Å². The molecule has 10 heteroatoms. The Labute approximate surface area is 170 Å². The Morgan fingerprint density at radius 2 is 2.14 bits per heavy atom. The Bertz CT molecular complexity index is 1090. The van der Waals surface area contributed by atoms with Crippen molar-refractivity contribution in [1.29, 1.82) is 0 Å². The first-order chi connectivity index (χ1) is 13.9. The molecule has 0 amide bonds. The zero-order valence-corrected chi connectivity index (χ0v) is 16.5. The van der Waals surface area contributed by atoms with E-state index in [1.165, 1.54) is 12.1 Å². The van der Waals surface area contributed by atoms with E-state index in [4.69, 9.17) is 4.42 Å². The van der Waals surface area contributed by atoms with Crippen molar-refractivity contribution >= 4 is 29.5 Å². The van der Waals surface area contributed by atoms with E-state index < -0.39 is 10.9 Å². The molecule has 1 aromatic carbocycles. The summed E-state index contributed by atoms with van der Waals surface area (Å²) in [6.45, 7) is 3.65. The number of furan rings is 1. The summed E-state index contributed by atoms with van der Waals surface area (Å²) >= 11 is 0.848. The van der Waals surface area contributed by atoms with Crippen molar-refractivity contribution in [2.24, 2.45) is 0 Å². The van der Waals surface area contributed by atoms with Gasteiger partial charge in [0.25, 0.3) is 5.69 Å². The van der Waals surface area contributed by atoms with Crippen LogP contribution in [0.25, 0.3) is 17.4 Å². The van der Waals surface area contributed by atoms with Crippen molar-refractivity contribution in [3.63, 3.8) is 0 Å². The first-order valence-electron chi connectivity index (χ1n) is 8.74. The summed E-state index contributed by atoms with van der Waals surface area (Å²) < 4.78 is 5.65. The highest BCUT2D eigenvalue weighted by Gasteiger charge is 2.14. The van der Waals surface area contributed by atoms with Crippen LogP contribution in [-0.4, -0.2) is 26.1 Å². The second-order valence-corrected chi connectivity index (χ2v) is 7.18. The van der Waals surface area contributed by atoms with Crippen molar-refractivity contribution < 1.29 is 19.2 Å². The van der Waals surface area contributed by atoms with Crippen LogP contribution in [0.5, 0.6) is 0 Å². The molecule has 9 nitrogen and oxygen atoms in total. The molecule has 2 heterocycles. The van der Waals surface area contributed by atoms with E-state index in [1.807, 2.05) is 6.92 Å². The van der Waals surface area contributed by atoms with Gasteiger partial charge in [0.1, 0.15) is 17.3 Å². The summed E-state index contributed by atoms with van der Waals surface area (Å²) in [6.07, 6.45) is 2.90. The Balaban J connectivity index is 1.85. The molecule has 0 saturated carbocycles. The molecule has 3 rings (SSSR count). The van der Waals surface area contributed by atoms with E-state index in [-0.39, 0.29) is 21.5 Å². The predicted octanol–water partition coefficient (Wildman–Crippen LogP) is 3.12. The maximum absolute atomic E-state index is 11.5. The Kier molecular flexibility index (Phi) is 6.13. The zero-order chi connectivity index (χ0) is 21.0. The lowest BCUT2D eigenvalue weighted by Gasteiger charge is -2.04. The van der Waals surface area contributed by atoms with Crippen molar-refractivity contribution in [3.05, 3.63) is 62.5 Å². The van der Waals surface area contributed by atoms with E-state index in [2.05, 4.69) is 15.2 Å². The lowest BCUT2D eigenvalue weighted by atomic mass is 10.1. The molecule has 29 heavy (non-hydrogen) atoms. The van der Waals surface area contributed by atoms with Crippen LogP contribution in [0, 0.1) is 17.0 Å². The number of hydrogen-bond acceptors (Lipinski definition) is 8. The molecular weight excluding hydrogens is 396 g/mol. The smallest absolute Gasteiger partial charge is 0.273 e. The van der Waals surface area contributed by atoms with Gasteiger partial charge in [-0.15, -0.1) is 5.10 Å². The number of nitro groups is 1. The minimum Gasteiger partial charge on any atom is -0.544 e. The minimum absolute atomic E-state index is 0.0190. The molecule has 0 spiro atoms. The molecule has 150 valence electrons. The summed E-state index contributed by atoms with van der Waals surface area (Å²) in [5.74, 6) is -0.0702. The standard InChI is InChI=1S/C19H18N4O5S/c1-3-4-17-20-19(22-21-17)29-16(18(24)25)10-13-7-8-15(28-13)12-6-5-11(2)14(9-12)23(26)27/h5-10H,3-4H2,1-2H3,(H,24,25)(H,20,21,22)/p-1/b16-10+. The number of aliphatic carboxylic acids is 1. The second-order valence-electron chi connectivity index (χ2n) is 6.17. The average molecular weight is 413 g/mol. The molecule has 0 fully saturated rings. The fourth-order valence-corrected chi connectivity index (χ4v) is 3.28. The number of thioether (sulfide) groups is 1. The maximum Gasteiger partial charge on any atom is 0.273 e. The van der Waals surface area contributed by atoms with Gasteiger partial charge in [-0.25, -0.2) is 4.98 Å². The van der Waals surface area contributed by atoms with Gasteiger partial charge >= 0.3 is 0 Å². The van der Waals surface area contributed by atoms with Crippen LogP contribution >= 0.6 is 11.8 Å². The molecule has 1 N–H and O–H groups in total. The Morgan fingerprint density at radius 1 is 1.34 bits per heavy atom. The van der Waals surface area contributed by atoms with Gasteiger partial charge in [-0.2, -0.15) is 0 Å². The first kappa shape index (κ1) is 20.3. The lowest BCUT2D eigenvalue weighted by molar-refractivity contribution is -0.385. The number of benzene rings is 1. The Hall–Kier alpha value is -3.40. The highest BCUT2D eigenvalue weighted by molar-refractivity contribution is 8.04. The molecule has 0 aliphatic heterocycles. The van der Waals surface area contributed by atoms with Crippen LogP contribution in [0.15, 0.2) is 44.8 Å². The molecule has 3 aromatic rings. The van der Waals surface area contributed by atoms with Gasteiger partial charge < -0.3 is 14.3 Å². The summed E-state index contributed by atoms with van der Waals surface area (Å²) in [5, 5.41) is 29.6. The largest absolute Gasteiger partial charge is 0.544 e. The molecule has 0 radical (unpaired) electrons. The van der Waals surface area contributed by atoms with Crippen LogP contribution in [0.1, 0.15) is 30.5 Å². The molecule has 0 atom stereocenters. The fraction of sp³-hybridized carbons (Fsp3) is 0.211. The molecule has 2 aromatic heterocycles. The number of nitro benzene ring substituents is 1. The van der Waals surface area contributed by atoms with Gasteiger partial charge in [0, 0.05) is 28.5 Å². The van der Waals surface area contributed by atoms with Gasteiger partial charge in [-0.1, -0.05) is 19.1 Å². The van der Waals surface area contributed by atoms with Gasteiger partial charge in [0.2, 0.25) is 5.16 Å². The number of nitrogens with zero attached hydrogens (tertiary/aromatic N) is 3. The summed E-state index contributed by atoms with van der Waals surface area (Å²) in [6, 6.07) is 7.94. The molecule has 0 aliphatic rings. The van der Waals surface area contributed by atoms with Crippen LogP contribution < -0.4 is 5.11 Å². The van der Waals surface area contributed by atoms with Crippen molar-refractivity contribution in [1.82, 2.24) is 15.2 Å². The molecule has 0 aliphatic carbocycles. The summed E-state index contributed by atoms with van der Waals surface area (Å²) in [5.41, 5.74) is 1.03. The number of aromatic nitrogens is 3. The fourth-order valence-electron chi connectivity index (χ4n) is 2.57. The topological polar surface area (TPSA) is 138 Å². The number of aromatic amines is 1.